The van der Waals surface area contributed by atoms with Gasteiger partial charge in [-0.25, -0.2) is 0 Å². The molecule has 0 N–H and O–H groups in total. The summed E-state index contributed by atoms with van der Waals surface area (Å²) < 4.78 is 0. The fourth-order valence-electron chi connectivity index (χ4n) is 2.76. The van der Waals surface area contributed by atoms with Gasteiger partial charge >= 0.3 is 0 Å². The molecule has 0 aliphatic carbocycles. The van der Waals surface area contributed by atoms with Crippen LogP contribution in [0.4, 0.5) is 5.69 Å². The molecule has 124 valence electrons. The van der Waals surface area contributed by atoms with Gasteiger partial charge in [0.25, 0.3) is 0 Å². The van der Waals surface area contributed by atoms with Crippen molar-refractivity contribution in [3.05, 3.63) is 29.8 Å². The van der Waals surface area contributed by atoms with Crippen LogP contribution in [0, 0.1) is 6.92 Å². The van der Waals surface area contributed by atoms with Gasteiger partial charge in [0.2, 0.25) is 18.2 Å². The first-order valence-corrected chi connectivity index (χ1v) is 7.84. The number of rotatable bonds is 5. The molecule has 1 aliphatic rings. The maximum absolute atomic E-state index is 12.3. The molecule has 1 fully saturated rings. The van der Waals surface area contributed by atoms with E-state index >= 15 is 0 Å². The fourth-order valence-corrected chi connectivity index (χ4v) is 2.76. The zero-order valence-corrected chi connectivity index (χ0v) is 13.7. The second-order valence-corrected chi connectivity index (χ2v) is 5.73. The van der Waals surface area contributed by atoms with Crippen molar-refractivity contribution >= 4 is 23.9 Å². The summed E-state index contributed by atoms with van der Waals surface area (Å²) in [6.07, 6.45) is 1.10. The third kappa shape index (κ3) is 4.31. The predicted molar refractivity (Wildman–Crippen MR) is 88.0 cm³/mol. The summed E-state index contributed by atoms with van der Waals surface area (Å²) in [6, 6.07) is 7.66. The van der Waals surface area contributed by atoms with E-state index in [2.05, 4.69) is 0 Å². The summed E-state index contributed by atoms with van der Waals surface area (Å²) in [5, 5.41) is 0. The van der Waals surface area contributed by atoms with Gasteiger partial charge < -0.3 is 14.7 Å². The molecule has 0 spiro atoms. The Hall–Kier alpha value is -2.37. The lowest BCUT2D eigenvalue weighted by atomic mass is 10.1. The van der Waals surface area contributed by atoms with Gasteiger partial charge in [0.1, 0.15) is 0 Å². The number of amides is 3. The Bertz CT molecular complexity index is 580. The number of aryl methyl sites for hydroxylation is 1. The van der Waals surface area contributed by atoms with Gasteiger partial charge in [0.15, 0.2) is 0 Å². The van der Waals surface area contributed by atoms with Crippen molar-refractivity contribution in [1.82, 2.24) is 9.80 Å². The normalized spacial score (nSPS) is 14.5. The Kier molecular flexibility index (Phi) is 5.73. The zero-order chi connectivity index (χ0) is 16.8. The average molecular weight is 317 g/mol. The largest absolute Gasteiger partial charge is 0.342 e. The molecule has 1 aliphatic heterocycles. The number of para-hydroxylation sites is 1. The van der Waals surface area contributed by atoms with Gasteiger partial charge in [-0.2, -0.15) is 0 Å². The van der Waals surface area contributed by atoms with E-state index in [9.17, 15) is 14.4 Å². The Morgan fingerprint density at radius 3 is 2.39 bits per heavy atom. The molecule has 0 unspecified atom stereocenters. The molecular formula is C17H23N3O3. The average Bonchev–Trinajstić information content (AvgIpc) is 2.56. The summed E-state index contributed by atoms with van der Waals surface area (Å²) in [7, 11) is 0. The maximum atomic E-state index is 12.3. The summed E-state index contributed by atoms with van der Waals surface area (Å²) in [5.41, 5.74) is 1.85. The number of carbonyl (C=O) groups excluding carboxylic acids is 3. The maximum Gasteiger partial charge on any atom is 0.224 e. The molecule has 1 heterocycles. The van der Waals surface area contributed by atoms with Gasteiger partial charge in [-0.3, -0.25) is 14.4 Å². The first-order valence-electron chi connectivity index (χ1n) is 7.84. The van der Waals surface area contributed by atoms with Crippen LogP contribution >= 0.6 is 0 Å². The highest BCUT2D eigenvalue weighted by atomic mass is 16.2. The summed E-state index contributed by atoms with van der Waals surface area (Å²) in [4.78, 5) is 40.0. The molecule has 1 aromatic carbocycles. The van der Waals surface area contributed by atoms with E-state index in [1.165, 1.54) is 6.92 Å². The molecule has 6 heteroatoms. The number of benzene rings is 1. The topological polar surface area (TPSA) is 60.9 Å². The molecule has 1 saturated heterocycles. The van der Waals surface area contributed by atoms with Gasteiger partial charge in [0.05, 0.1) is 0 Å². The van der Waals surface area contributed by atoms with Gasteiger partial charge in [0, 0.05) is 51.8 Å². The third-order valence-corrected chi connectivity index (χ3v) is 4.15. The molecule has 6 nitrogen and oxygen atoms in total. The van der Waals surface area contributed by atoms with Gasteiger partial charge in [-0.1, -0.05) is 18.2 Å². The minimum Gasteiger partial charge on any atom is -0.342 e. The molecule has 3 amide bonds. The van der Waals surface area contributed by atoms with Crippen LogP contribution in [-0.2, 0) is 14.4 Å². The van der Waals surface area contributed by atoms with Crippen molar-refractivity contribution in [2.24, 2.45) is 0 Å². The second-order valence-electron chi connectivity index (χ2n) is 5.73. The molecule has 0 bridgehead atoms. The zero-order valence-electron chi connectivity index (χ0n) is 13.7. The number of nitrogens with zero attached hydrogens (tertiary/aromatic N) is 3. The number of anilines is 1. The molecule has 0 saturated carbocycles. The number of carbonyl (C=O) groups is 3. The first kappa shape index (κ1) is 17.0. The van der Waals surface area contributed by atoms with Crippen LogP contribution in [0.3, 0.4) is 0 Å². The van der Waals surface area contributed by atoms with E-state index < -0.39 is 0 Å². The number of hydrogen-bond donors (Lipinski definition) is 0. The molecule has 1 aromatic rings. The van der Waals surface area contributed by atoms with Crippen molar-refractivity contribution in [3.63, 3.8) is 0 Å². The molecule has 0 aromatic heterocycles. The van der Waals surface area contributed by atoms with Crippen LogP contribution in [0.15, 0.2) is 24.3 Å². The summed E-state index contributed by atoms with van der Waals surface area (Å²) in [5.74, 6) is -0.0479. The number of piperazine rings is 1. The monoisotopic (exact) mass is 317 g/mol. The standard InChI is InChI=1S/C17H23N3O3/c1-14-5-3-4-6-16(14)20(15(2)22)8-7-17(23)19-11-9-18(13-21)10-12-19/h3-6,13H,7-12H2,1-2H3. The lowest BCUT2D eigenvalue weighted by Crippen LogP contribution is -2.48. The Morgan fingerprint density at radius 2 is 1.83 bits per heavy atom. The fraction of sp³-hybridized carbons (Fsp3) is 0.471. The van der Waals surface area contributed by atoms with Crippen LogP contribution in [0.5, 0.6) is 0 Å². The Balaban J connectivity index is 1.94. The summed E-state index contributed by atoms with van der Waals surface area (Å²) in [6.45, 7) is 6.09. The predicted octanol–water partition coefficient (Wildman–Crippen LogP) is 1.04. The van der Waals surface area contributed by atoms with E-state index in [4.69, 9.17) is 0 Å². The van der Waals surface area contributed by atoms with Crippen molar-refractivity contribution < 1.29 is 14.4 Å². The van der Waals surface area contributed by atoms with Crippen molar-refractivity contribution in [2.45, 2.75) is 20.3 Å². The van der Waals surface area contributed by atoms with Crippen LogP contribution in [0.1, 0.15) is 18.9 Å². The van der Waals surface area contributed by atoms with Gasteiger partial charge in [-0.15, -0.1) is 0 Å². The Morgan fingerprint density at radius 1 is 1.17 bits per heavy atom. The highest BCUT2D eigenvalue weighted by Crippen LogP contribution is 2.20. The molecule has 0 radical (unpaired) electrons. The van der Waals surface area contributed by atoms with Crippen LogP contribution < -0.4 is 4.90 Å². The quantitative estimate of drug-likeness (QED) is 0.762. The van der Waals surface area contributed by atoms with Crippen molar-refractivity contribution in [2.75, 3.05) is 37.6 Å². The summed E-state index contributed by atoms with van der Waals surface area (Å²) >= 11 is 0. The highest BCUT2D eigenvalue weighted by Gasteiger charge is 2.21. The minimum atomic E-state index is -0.0714. The molecule has 0 atom stereocenters. The van der Waals surface area contributed by atoms with Crippen molar-refractivity contribution in [1.29, 1.82) is 0 Å². The van der Waals surface area contributed by atoms with E-state index in [0.717, 1.165) is 17.7 Å². The third-order valence-electron chi connectivity index (χ3n) is 4.15. The number of hydrogen-bond acceptors (Lipinski definition) is 3. The lowest BCUT2D eigenvalue weighted by Gasteiger charge is -2.33. The van der Waals surface area contributed by atoms with E-state index in [0.29, 0.717) is 32.7 Å². The van der Waals surface area contributed by atoms with Crippen LogP contribution in [0.2, 0.25) is 0 Å². The van der Waals surface area contributed by atoms with E-state index in [1.54, 1.807) is 14.7 Å². The van der Waals surface area contributed by atoms with E-state index in [1.807, 2.05) is 31.2 Å². The SMILES string of the molecule is CC(=O)N(CCC(=O)N1CCN(C=O)CC1)c1ccccc1C. The first-order chi connectivity index (χ1) is 11.0. The smallest absolute Gasteiger partial charge is 0.224 e. The van der Waals surface area contributed by atoms with Crippen LogP contribution in [0.25, 0.3) is 0 Å². The van der Waals surface area contributed by atoms with Crippen LogP contribution in [-0.4, -0.2) is 60.7 Å². The van der Waals surface area contributed by atoms with Gasteiger partial charge in [-0.05, 0) is 18.6 Å². The van der Waals surface area contributed by atoms with E-state index in [-0.39, 0.29) is 18.2 Å². The lowest BCUT2D eigenvalue weighted by molar-refractivity contribution is -0.135. The molecule has 2 rings (SSSR count). The molecule has 23 heavy (non-hydrogen) atoms. The second kappa shape index (κ2) is 7.76. The Labute approximate surface area is 136 Å². The van der Waals surface area contributed by atoms with Crippen molar-refractivity contribution in [3.8, 4) is 0 Å². The molecular weight excluding hydrogens is 294 g/mol. The highest BCUT2D eigenvalue weighted by molar-refractivity contribution is 5.93. The minimum absolute atomic E-state index is 0.0235.